The molecule has 0 aromatic heterocycles. The Kier molecular flexibility index (Phi) is 9.59. The van der Waals surface area contributed by atoms with Crippen molar-refractivity contribution in [3.8, 4) is 0 Å². The van der Waals surface area contributed by atoms with Gasteiger partial charge in [-0.05, 0) is 25.2 Å². The van der Waals surface area contributed by atoms with Gasteiger partial charge in [-0.15, -0.1) is 0 Å². The summed E-state index contributed by atoms with van der Waals surface area (Å²) in [4.78, 5) is 0. The molecule has 3 heteroatoms. The van der Waals surface area contributed by atoms with Gasteiger partial charge < -0.3 is 5.73 Å². The summed E-state index contributed by atoms with van der Waals surface area (Å²) >= 11 is 0. The van der Waals surface area contributed by atoms with E-state index in [9.17, 15) is 0 Å². The molecule has 0 heterocycles. The summed E-state index contributed by atoms with van der Waals surface area (Å²) in [6, 6.07) is 0. The van der Waals surface area contributed by atoms with E-state index in [4.69, 9.17) is 5.73 Å². The van der Waals surface area contributed by atoms with Gasteiger partial charge in [-0.3, -0.25) is 5.01 Å². The van der Waals surface area contributed by atoms with Crippen LogP contribution in [0.4, 0.5) is 0 Å². The van der Waals surface area contributed by atoms with Gasteiger partial charge in [0.1, 0.15) is 0 Å². The van der Waals surface area contributed by atoms with E-state index in [0.29, 0.717) is 5.92 Å². The molecular formula is C14H29N3. The zero-order valence-electron chi connectivity index (χ0n) is 11.8. The lowest BCUT2D eigenvalue weighted by Crippen LogP contribution is -2.20. The molecule has 2 N–H and O–H groups in total. The van der Waals surface area contributed by atoms with Gasteiger partial charge in [-0.1, -0.05) is 40.0 Å². The molecule has 0 unspecified atom stereocenters. The molecule has 0 fully saturated rings. The number of nitrogens with two attached hydrogens (primary N) is 1. The molecule has 3 nitrogen and oxygen atoms in total. The second-order valence-electron chi connectivity index (χ2n) is 4.92. The molecule has 0 aromatic carbocycles. The quantitative estimate of drug-likeness (QED) is 0.358. The van der Waals surface area contributed by atoms with Crippen LogP contribution in [-0.2, 0) is 0 Å². The van der Waals surface area contributed by atoms with Crippen LogP contribution in [0, 0.1) is 5.92 Å². The van der Waals surface area contributed by atoms with Crippen molar-refractivity contribution in [3.63, 3.8) is 0 Å². The van der Waals surface area contributed by atoms with Gasteiger partial charge in [0.05, 0.1) is 5.70 Å². The van der Waals surface area contributed by atoms with Crippen molar-refractivity contribution >= 4 is 6.72 Å². The first kappa shape index (κ1) is 16.0. The lowest BCUT2D eigenvalue weighted by Gasteiger charge is -2.22. The van der Waals surface area contributed by atoms with Crippen molar-refractivity contribution in [2.24, 2.45) is 16.8 Å². The summed E-state index contributed by atoms with van der Waals surface area (Å²) < 4.78 is 0. The molecule has 0 saturated carbocycles. The third-order valence-corrected chi connectivity index (χ3v) is 2.90. The molecule has 0 radical (unpaired) electrons. The average Bonchev–Trinajstić information content (AvgIpc) is 2.32. The molecule has 0 aliphatic rings. The Labute approximate surface area is 107 Å². The zero-order chi connectivity index (χ0) is 13.1. The van der Waals surface area contributed by atoms with Gasteiger partial charge in [-0.2, -0.15) is 5.10 Å². The van der Waals surface area contributed by atoms with E-state index < -0.39 is 0 Å². The Morgan fingerprint density at radius 1 is 1.35 bits per heavy atom. The number of rotatable bonds is 10. The minimum absolute atomic E-state index is 0.679. The Bertz CT molecular complexity index is 222. The van der Waals surface area contributed by atoms with E-state index >= 15 is 0 Å². The molecule has 0 bridgehead atoms. The molecule has 0 aromatic rings. The lowest BCUT2D eigenvalue weighted by atomic mass is 10.1. The topological polar surface area (TPSA) is 41.6 Å². The Morgan fingerprint density at radius 3 is 2.53 bits per heavy atom. The van der Waals surface area contributed by atoms with Gasteiger partial charge in [-0.25, -0.2) is 0 Å². The maximum atomic E-state index is 5.68. The zero-order valence-corrected chi connectivity index (χ0v) is 11.8. The van der Waals surface area contributed by atoms with E-state index in [1.165, 1.54) is 25.7 Å². The monoisotopic (exact) mass is 239 g/mol. The Hall–Kier alpha value is -0.990. The molecule has 0 atom stereocenters. The maximum absolute atomic E-state index is 5.68. The van der Waals surface area contributed by atoms with Crippen LogP contribution in [0.25, 0.3) is 0 Å². The van der Waals surface area contributed by atoms with Crippen LogP contribution >= 0.6 is 0 Å². The fourth-order valence-corrected chi connectivity index (χ4v) is 1.72. The maximum Gasteiger partial charge on any atom is 0.0522 e. The SMILES string of the molecule is C=NN(CCC(C)C)/C(=C\N)CCCCCC. The number of nitrogens with zero attached hydrogens (tertiary/aromatic N) is 2. The Balaban J connectivity index is 4.06. The summed E-state index contributed by atoms with van der Waals surface area (Å²) in [6.07, 6.45) is 8.82. The van der Waals surface area contributed by atoms with E-state index in [0.717, 1.165) is 25.1 Å². The molecule has 17 heavy (non-hydrogen) atoms. The van der Waals surface area contributed by atoms with Gasteiger partial charge in [0, 0.05) is 19.5 Å². The van der Waals surface area contributed by atoms with Crippen molar-refractivity contribution in [1.29, 1.82) is 0 Å². The van der Waals surface area contributed by atoms with Gasteiger partial charge in [0.2, 0.25) is 0 Å². The summed E-state index contributed by atoms with van der Waals surface area (Å²) in [5.41, 5.74) is 6.79. The minimum Gasteiger partial charge on any atom is -0.403 e. The van der Waals surface area contributed by atoms with Crippen molar-refractivity contribution in [1.82, 2.24) is 5.01 Å². The van der Waals surface area contributed by atoms with Crippen LogP contribution in [0.15, 0.2) is 17.0 Å². The van der Waals surface area contributed by atoms with Crippen LogP contribution in [0.1, 0.15) is 59.3 Å². The van der Waals surface area contributed by atoms with Crippen LogP contribution < -0.4 is 5.73 Å². The summed E-state index contributed by atoms with van der Waals surface area (Å²) in [5.74, 6) is 0.679. The second-order valence-corrected chi connectivity index (χ2v) is 4.92. The van der Waals surface area contributed by atoms with Crippen LogP contribution in [0.5, 0.6) is 0 Å². The van der Waals surface area contributed by atoms with Gasteiger partial charge in [0.25, 0.3) is 0 Å². The standard InChI is InChI=1S/C14H29N3/c1-5-6-7-8-9-14(12-15)17(16-4)11-10-13(2)3/h12-13H,4-11,15H2,1-3H3/b14-12-. The first-order chi connectivity index (χ1) is 8.15. The highest BCUT2D eigenvalue weighted by atomic mass is 15.4. The highest BCUT2D eigenvalue weighted by molar-refractivity contribution is 5.23. The van der Waals surface area contributed by atoms with E-state index in [-0.39, 0.29) is 0 Å². The van der Waals surface area contributed by atoms with Crippen molar-refractivity contribution in [3.05, 3.63) is 11.9 Å². The molecule has 0 rings (SSSR count). The number of unbranched alkanes of at least 4 members (excludes halogenated alkanes) is 3. The Morgan fingerprint density at radius 2 is 2.06 bits per heavy atom. The molecule has 0 aliphatic heterocycles. The molecule has 0 amide bonds. The van der Waals surface area contributed by atoms with Crippen molar-refractivity contribution in [2.75, 3.05) is 6.54 Å². The van der Waals surface area contributed by atoms with Crippen molar-refractivity contribution < 1.29 is 0 Å². The van der Waals surface area contributed by atoms with Crippen LogP contribution in [-0.4, -0.2) is 18.3 Å². The normalized spacial score (nSPS) is 11.9. The fraction of sp³-hybridized carbons (Fsp3) is 0.786. The summed E-state index contributed by atoms with van der Waals surface area (Å²) in [6.45, 7) is 11.2. The average molecular weight is 239 g/mol. The smallest absolute Gasteiger partial charge is 0.0522 e. The van der Waals surface area contributed by atoms with Crippen LogP contribution in [0.3, 0.4) is 0 Å². The largest absolute Gasteiger partial charge is 0.403 e. The number of hydrogen-bond acceptors (Lipinski definition) is 3. The minimum atomic E-state index is 0.679. The molecule has 0 saturated heterocycles. The highest BCUT2D eigenvalue weighted by Gasteiger charge is 2.07. The van der Waals surface area contributed by atoms with Crippen LogP contribution in [0.2, 0.25) is 0 Å². The first-order valence-electron chi connectivity index (χ1n) is 6.80. The third-order valence-electron chi connectivity index (χ3n) is 2.90. The molecule has 100 valence electrons. The predicted molar refractivity (Wildman–Crippen MR) is 76.7 cm³/mol. The van der Waals surface area contributed by atoms with Gasteiger partial charge >= 0.3 is 0 Å². The van der Waals surface area contributed by atoms with E-state index in [1.54, 1.807) is 6.20 Å². The molecule has 0 spiro atoms. The number of allylic oxidation sites excluding steroid dienone is 1. The molecule has 0 aliphatic carbocycles. The number of hydrogen-bond donors (Lipinski definition) is 1. The molecular weight excluding hydrogens is 210 g/mol. The fourth-order valence-electron chi connectivity index (χ4n) is 1.72. The van der Waals surface area contributed by atoms with Crippen molar-refractivity contribution in [2.45, 2.75) is 59.3 Å². The second kappa shape index (κ2) is 10.2. The lowest BCUT2D eigenvalue weighted by molar-refractivity contribution is 0.322. The summed E-state index contributed by atoms with van der Waals surface area (Å²) in [7, 11) is 0. The first-order valence-corrected chi connectivity index (χ1v) is 6.80. The summed E-state index contributed by atoms with van der Waals surface area (Å²) in [5, 5.41) is 6.02. The predicted octanol–water partition coefficient (Wildman–Crippen LogP) is 3.72. The van der Waals surface area contributed by atoms with E-state index in [1.807, 2.05) is 5.01 Å². The van der Waals surface area contributed by atoms with E-state index in [2.05, 4.69) is 32.6 Å². The number of hydrazone groups is 1. The third kappa shape index (κ3) is 7.83. The van der Waals surface area contributed by atoms with Gasteiger partial charge in [0.15, 0.2) is 0 Å². The highest BCUT2D eigenvalue weighted by Crippen LogP contribution is 2.15.